The molecule has 0 aliphatic heterocycles. The maximum Gasteiger partial charge on any atom is 0.226 e. The van der Waals surface area contributed by atoms with E-state index in [9.17, 15) is 4.79 Å². The summed E-state index contributed by atoms with van der Waals surface area (Å²) in [6, 6.07) is 7.80. The predicted octanol–water partition coefficient (Wildman–Crippen LogP) is 2.59. The number of anilines is 1. The molecule has 0 saturated heterocycles. The van der Waals surface area contributed by atoms with Crippen LogP contribution in [0.1, 0.15) is 19.4 Å². The van der Waals surface area contributed by atoms with Gasteiger partial charge in [-0.25, -0.2) is 0 Å². The second-order valence-electron chi connectivity index (χ2n) is 3.51. The summed E-state index contributed by atoms with van der Waals surface area (Å²) < 4.78 is 0. The van der Waals surface area contributed by atoms with Crippen LogP contribution in [-0.4, -0.2) is 5.91 Å². The SMILES string of the molecule is Cc1cccc(NC(=O)C(C)C)c1. The zero-order valence-corrected chi connectivity index (χ0v) is 8.29. The maximum atomic E-state index is 11.3. The Morgan fingerprint density at radius 2 is 2.08 bits per heavy atom. The Hall–Kier alpha value is -1.31. The van der Waals surface area contributed by atoms with Gasteiger partial charge >= 0.3 is 0 Å². The van der Waals surface area contributed by atoms with Gasteiger partial charge in [-0.3, -0.25) is 4.79 Å². The van der Waals surface area contributed by atoms with Crippen molar-refractivity contribution >= 4 is 11.6 Å². The van der Waals surface area contributed by atoms with Crippen molar-refractivity contribution in [1.29, 1.82) is 0 Å². The molecule has 2 heteroatoms. The van der Waals surface area contributed by atoms with Gasteiger partial charge in [0.15, 0.2) is 0 Å². The minimum atomic E-state index is 0.0283. The fourth-order valence-corrected chi connectivity index (χ4v) is 1.01. The maximum absolute atomic E-state index is 11.3. The van der Waals surface area contributed by atoms with E-state index in [4.69, 9.17) is 0 Å². The summed E-state index contributed by atoms with van der Waals surface area (Å²) >= 11 is 0. The van der Waals surface area contributed by atoms with Gasteiger partial charge in [0.1, 0.15) is 0 Å². The van der Waals surface area contributed by atoms with Gasteiger partial charge in [-0.15, -0.1) is 0 Å². The molecule has 1 rings (SSSR count). The van der Waals surface area contributed by atoms with E-state index < -0.39 is 0 Å². The summed E-state index contributed by atoms with van der Waals surface area (Å²) in [4.78, 5) is 11.3. The number of benzene rings is 1. The van der Waals surface area contributed by atoms with Crippen LogP contribution in [0.25, 0.3) is 0 Å². The quantitative estimate of drug-likeness (QED) is 0.739. The number of aryl methyl sites for hydroxylation is 1. The highest BCUT2D eigenvalue weighted by molar-refractivity contribution is 5.92. The number of hydrogen-bond acceptors (Lipinski definition) is 1. The minimum Gasteiger partial charge on any atom is -0.326 e. The molecule has 0 unspecified atom stereocenters. The first-order chi connectivity index (χ1) is 6.09. The number of rotatable bonds is 2. The van der Waals surface area contributed by atoms with Crippen molar-refractivity contribution in [1.82, 2.24) is 0 Å². The third kappa shape index (κ3) is 2.90. The summed E-state index contributed by atoms with van der Waals surface area (Å²) in [5, 5.41) is 2.84. The Morgan fingerprint density at radius 3 is 2.62 bits per heavy atom. The van der Waals surface area contributed by atoms with E-state index in [0.717, 1.165) is 11.3 Å². The molecular weight excluding hydrogens is 162 g/mol. The minimum absolute atomic E-state index is 0.0283. The summed E-state index contributed by atoms with van der Waals surface area (Å²) in [6.45, 7) is 5.77. The van der Waals surface area contributed by atoms with Crippen LogP contribution in [0.3, 0.4) is 0 Å². The summed E-state index contributed by atoms with van der Waals surface area (Å²) in [5.41, 5.74) is 2.03. The Kier molecular flexibility index (Phi) is 3.07. The molecule has 0 aliphatic rings. The van der Waals surface area contributed by atoms with Gasteiger partial charge in [-0.1, -0.05) is 26.0 Å². The zero-order valence-electron chi connectivity index (χ0n) is 8.29. The molecule has 0 aliphatic carbocycles. The van der Waals surface area contributed by atoms with Crippen molar-refractivity contribution in [3.8, 4) is 0 Å². The molecule has 1 N–H and O–H groups in total. The molecule has 0 heterocycles. The van der Waals surface area contributed by atoms with Gasteiger partial charge in [-0.2, -0.15) is 0 Å². The highest BCUT2D eigenvalue weighted by Crippen LogP contribution is 2.10. The van der Waals surface area contributed by atoms with Gasteiger partial charge in [0, 0.05) is 11.6 Å². The fourth-order valence-electron chi connectivity index (χ4n) is 1.01. The van der Waals surface area contributed by atoms with E-state index >= 15 is 0 Å². The second-order valence-corrected chi connectivity index (χ2v) is 3.51. The van der Waals surface area contributed by atoms with Crippen molar-refractivity contribution in [3.05, 3.63) is 29.8 Å². The summed E-state index contributed by atoms with van der Waals surface area (Å²) in [7, 11) is 0. The van der Waals surface area contributed by atoms with E-state index in [1.54, 1.807) is 0 Å². The van der Waals surface area contributed by atoms with Crippen molar-refractivity contribution < 1.29 is 4.79 Å². The molecule has 0 aromatic heterocycles. The van der Waals surface area contributed by atoms with E-state index in [-0.39, 0.29) is 11.8 Å². The Balaban J connectivity index is 2.69. The third-order valence-corrected chi connectivity index (χ3v) is 1.81. The highest BCUT2D eigenvalue weighted by Gasteiger charge is 2.06. The lowest BCUT2D eigenvalue weighted by atomic mass is 10.2. The van der Waals surface area contributed by atoms with Gasteiger partial charge in [-0.05, 0) is 24.6 Å². The van der Waals surface area contributed by atoms with E-state index in [0.29, 0.717) is 0 Å². The van der Waals surface area contributed by atoms with E-state index in [1.165, 1.54) is 0 Å². The number of nitrogens with one attached hydrogen (secondary N) is 1. The first-order valence-corrected chi connectivity index (χ1v) is 4.47. The van der Waals surface area contributed by atoms with Crippen LogP contribution in [0, 0.1) is 12.8 Å². The van der Waals surface area contributed by atoms with Crippen molar-refractivity contribution in [2.24, 2.45) is 5.92 Å². The van der Waals surface area contributed by atoms with Crippen molar-refractivity contribution in [2.75, 3.05) is 5.32 Å². The average molecular weight is 177 g/mol. The number of hydrogen-bond donors (Lipinski definition) is 1. The van der Waals surface area contributed by atoms with Crippen LogP contribution < -0.4 is 5.32 Å². The van der Waals surface area contributed by atoms with E-state index in [1.807, 2.05) is 45.0 Å². The fraction of sp³-hybridized carbons (Fsp3) is 0.364. The molecule has 0 fully saturated rings. The smallest absolute Gasteiger partial charge is 0.226 e. The first kappa shape index (κ1) is 9.78. The average Bonchev–Trinajstić information content (AvgIpc) is 2.04. The molecule has 13 heavy (non-hydrogen) atoms. The standard InChI is InChI=1S/C11H15NO/c1-8(2)11(13)12-10-6-4-5-9(3)7-10/h4-8H,1-3H3,(H,12,13). The molecule has 0 saturated carbocycles. The van der Waals surface area contributed by atoms with Crippen LogP contribution in [0.15, 0.2) is 24.3 Å². The molecule has 2 nitrogen and oxygen atoms in total. The molecule has 70 valence electrons. The molecule has 0 spiro atoms. The van der Waals surface area contributed by atoms with Gasteiger partial charge in [0.25, 0.3) is 0 Å². The number of carbonyl (C=O) groups excluding carboxylic acids is 1. The van der Waals surface area contributed by atoms with Crippen molar-refractivity contribution in [2.45, 2.75) is 20.8 Å². The van der Waals surface area contributed by atoms with Crippen molar-refractivity contribution in [3.63, 3.8) is 0 Å². The number of carbonyl (C=O) groups is 1. The second kappa shape index (κ2) is 4.08. The zero-order chi connectivity index (χ0) is 9.84. The molecule has 1 aromatic rings. The lowest BCUT2D eigenvalue weighted by Gasteiger charge is -2.07. The predicted molar refractivity (Wildman–Crippen MR) is 54.6 cm³/mol. The van der Waals surface area contributed by atoms with Gasteiger partial charge in [0.05, 0.1) is 0 Å². The van der Waals surface area contributed by atoms with Crippen LogP contribution in [0.2, 0.25) is 0 Å². The number of amides is 1. The van der Waals surface area contributed by atoms with Crippen LogP contribution in [-0.2, 0) is 4.79 Å². The molecule has 1 aromatic carbocycles. The normalized spacial score (nSPS) is 10.2. The Labute approximate surface area is 79.0 Å². The first-order valence-electron chi connectivity index (χ1n) is 4.47. The molecule has 0 atom stereocenters. The lowest BCUT2D eigenvalue weighted by molar-refractivity contribution is -0.118. The third-order valence-electron chi connectivity index (χ3n) is 1.81. The molecule has 0 radical (unpaired) electrons. The lowest BCUT2D eigenvalue weighted by Crippen LogP contribution is -2.17. The largest absolute Gasteiger partial charge is 0.326 e. The van der Waals surface area contributed by atoms with Gasteiger partial charge in [0.2, 0.25) is 5.91 Å². The molecule has 0 bridgehead atoms. The molecule has 1 amide bonds. The Morgan fingerprint density at radius 1 is 1.38 bits per heavy atom. The van der Waals surface area contributed by atoms with Crippen LogP contribution in [0.5, 0.6) is 0 Å². The highest BCUT2D eigenvalue weighted by atomic mass is 16.1. The Bertz CT molecular complexity index is 305. The van der Waals surface area contributed by atoms with Crippen LogP contribution in [0.4, 0.5) is 5.69 Å². The van der Waals surface area contributed by atoms with E-state index in [2.05, 4.69) is 5.32 Å². The topological polar surface area (TPSA) is 29.1 Å². The summed E-state index contributed by atoms with van der Waals surface area (Å²) in [6.07, 6.45) is 0. The van der Waals surface area contributed by atoms with Gasteiger partial charge < -0.3 is 5.32 Å². The monoisotopic (exact) mass is 177 g/mol. The summed E-state index contributed by atoms with van der Waals surface area (Å²) in [5.74, 6) is 0.0890. The van der Waals surface area contributed by atoms with Crippen LogP contribution >= 0.6 is 0 Å². The molecular formula is C11H15NO.